The maximum absolute atomic E-state index is 11.2. The van der Waals surface area contributed by atoms with Crippen molar-refractivity contribution in [2.24, 2.45) is 5.92 Å². The predicted molar refractivity (Wildman–Crippen MR) is 79.1 cm³/mol. The van der Waals surface area contributed by atoms with Crippen molar-refractivity contribution < 1.29 is 9.90 Å². The summed E-state index contributed by atoms with van der Waals surface area (Å²) in [4.78, 5) is 18.5. The number of hydrogen-bond acceptors (Lipinski definition) is 4. The first-order chi connectivity index (χ1) is 8.97. The van der Waals surface area contributed by atoms with E-state index in [2.05, 4.69) is 37.6 Å². The molecule has 1 aromatic heterocycles. The van der Waals surface area contributed by atoms with Gasteiger partial charge in [-0.2, -0.15) is 0 Å². The molecule has 1 rings (SSSR count). The van der Waals surface area contributed by atoms with Crippen LogP contribution in [0, 0.1) is 5.92 Å². The fourth-order valence-electron chi connectivity index (χ4n) is 1.99. The van der Waals surface area contributed by atoms with Crippen molar-refractivity contribution in [3.63, 3.8) is 0 Å². The summed E-state index contributed by atoms with van der Waals surface area (Å²) in [5.74, 6) is -0.418. The van der Waals surface area contributed by atoms with Gasteiger partial charge >= 0.3 is 5.97 Å². The van der Waals surface area contributed by atoms with E-state index >= 15 is 0 Å². The molecule has 5 heteroatoms. The lowest BCUT2D eigenvalue weighted by molar-refractivity contribution is 0.0700. The molecule has 19 heavy (non-hydrogen) atoms. The summed E-state index contributed by atoms with van der Waals surface area (Å²) in [7, 11) is 0. The molecule has 1 aromatic rings. The summed E-state index contributed by atoms with van der Waals surface area (Å²) < 4.78 is 0. The van der Waals surface area contributed by atoms with Gasteiger partial charge in [-0.15, -0.1) is 11.3 Å². The average molecular weight is 284 g/mol. The zero-order valence-corrected chi connectivity index (χ0v) is 13.1. The van der Waals surface area contributed by atoms with Crippen molar-refractivity contribution in [3.8, 4) is 0 Å². The summed E-state index contributed by atoms with van der Waals surface area (Å²) in [5, 5.41) is 10.2. The first-order valence-electron chi connectivity index (χ1n) is 6.92. The lowest BCUT2D eigenvalue weighted by Crippen LogP contribution is -2.25. The van der Waals surface area contributed by atoms with E-state index in [0.29, 0.717) is 10.8 Å². The van der Waals surface area contributed by atoms with Crippen LogP contribution in [-0.2, 0) is 12.8 Å². The minimum Gasteiger partial charge on any atom is -0.477 e. The van der Waals surface area contributed by atoms with Gasteiger partial charge in [0.25, 0.3) is 0 Å². The van der Waals surface area contributed by atoms with Crippen LogP contribution in [0.3, 0.4) is 0 Å². The lowest BCUT2D eigenvalue weighted by atomic mass is 10.1. The van der Waals surface area contributed by atoms with Gasteiger partial charge in [0.1, 0.15) is 4.88 Å². The molecule has 108 valence electrons. The molecule has 0 spiro atoms. The van der Waals surface area contributed by atoms with E-state index in [9.17, 15) is 9.90 Å². The van der Waals surface area contributed by atoms with Crippen molar-refractivity contribution in [2.75, 3.05) is 19.6 Å². The quantitative estimate of drug-likeness (QED) is 0.797. The molecule has 0 saturated carbocycles. The second-order valence-electron chi connectivity index (χ2n) is 5.06. The first-order valence-corrected chi connectivity index (χ1v) is 7.73. The van der Waals surface area contributed by atoms with Gasteiger partial charge in [-0.05, 0) is 25.4 Å². The minimum atomic E-state index is -0.845. The molecular formula is C14H24N2O2S. The highest BCUT2D eigenvalue weighted by molar-refractivity contribution is 7.13. The fraction of sp³-hybridized carbons (Fsp3) is 0.714. The number of aromatic carboxylic acids is 1. The Bertz CT molecular complexity index is 412. The smallest absolute Gasteiger partial charge is 0.347 e. The van der Waals surface area contributed by atoms with Crippen molar-refractivity contribution in [3.05, 3.63) is 15.6 Å². The largest absolute Gasteiger partial charge is 0.477 e. The Hall–Kier alpha value is -0.940. The van der Waals surface area contributed by atoms with Crippen molar-refractivity contribution in [1.82, 2.24) is 9.88 Å². The molecule has 0 atom stereocenters. The topological polar surface area (TPSA) is 53.4 Å². The summed E-state index contributed by atoms with van der Waals surface area (Å²) in [6.45, 7) is 11.4. The van der Waals surface area contributed by atoms with Gasteiger partial charge in [0, 0.05) is 13.0 Å². The molecule has 0 saturated heterocycles. The van der Waals surface area contributed by atoms with Gasteiger partial charge in [0.05, 0.1) is 10.7 Å². The number of likely N-dealkylation sites (N-methyl/N-ethyl adjacent to an activating group) is 1. The van der Waals surface area contributed by atoms with Gasteiger partial charge in [-0.3, -0.25) is 0 Å². The van der Waals surface area contributed by atoms with E-state index < -0.39 is 5.97 Å². The Labute approximate surface area is 119 Å². The van der Waals surface area contributed by atoms with Gasteiger partial charge in [0.15, 0.2) is 0 Å². The van der Waals surface area contributed by atoms with Crippen LogP contribution >= 0.6 is 11.3 Å². The summed E-state index contributed by atoms with van der Waals surface area (Å²) in [6.07, 6.45) is 1.58. The zero-order valence-electron chi connectivity index (χ0n) is 12.3. The number of rotatable bonds is 8. The Morgan fingerprint density at radius 2 is 2.00 bits per heavy atom. The van der Waals surface area contributed by atoms with Crippen LogP contribution in [0.4, 0.5) is 0 Å². The summed E-state index contributed by atoms with van der Waals surface area (Å²) >= 11 is 1.34. The Balaban J connectivity index is 2.77. The van der Waals surface area contributed by atoms with E-state index in [1.807, 2.05) is 0 Å². The summed E-state index contributed by atoms with van der Waals surface area (Å²) in [5.41, 5.74) is 0.752. The maximum atomic E-state index is 11.2. The van der Waals surface area contributed by atoms with Crippen LogP contribution < -0.4 is 0 Å². The van der Waals surface area contributed by atoms with E-state index in [1.54, 1.807) is 0 Å². The van der Waals surface area contributed by atoms with Crippen LogP contribution in [0.2, 0.25) is 0 Å². The third kappa shape index (κ3) is 4.91. The highest BCUT2D eigenvalue weighted by Crippen LogP contribution is 2.22. The number of carboxylic acids is 1. The second-order valence-corrected chi connectivity index (χ2v) is 6.15. The van der Waals surface area contributed by atoms with E-state index in [0.717, 1.165) is 43.2 Å². The standard InChI is InChI=1S/C14H24N2O2S/c1-5-16(6-2)8-7-12-15-11(9-10(3)4)13(19-12)14(17)18/h10H,5-9H2,1-4H3,(H,17,18). The molecule has 0 bridgehead atoms. The molecule has 1 N–H and O–H groups in total. The summed E-state index contributed by atoms with van der Waals surface area (Å²) in [6, 6.07) is 0. The van der Waals surface area contributed by atoms with E-state index in [4.69, 9.17) is 0 Å². The van der Waals surface area contributed by atoms with Gasteiger partial charge in [-0.25, -0.2) is 9.78 Å². The molecule has 0 aliphatic heterocycles. The molecule has 0 aliphatic carbocycles. The Morgan fingerprint density at radius 3 is 2.47 bits per heavy atom. The second kappa shape index (κ2) is 7.60. The predicted octanol–water partition coefficient (Wildman–Crippen LogP) is 2.92. The van der Waals surface area contributed by atoms with Crippen molar-refractivity contribution in [2.45, 2.75) is 40.5 Å². The molecule has 4 nitrogen and oxygen atoms in total. The fourth-order valence-corrected chi connectivity index (χ4v) is 2.91. The normalized spacial score (nSPS) is 11.5. The van der Waals surface area contributed by atoms with E-state index in [1.165, 1.54) is 11.3 Å². The van der Waals surface area contributed by atoms with Gasteiger partial charge in [-0.1, -0.05) is 27.7 Å². The van der Waals surface area contributed by atoms with E-state index in [-0.39, 0.29) is 0 Å². The zero-order chi connectivity index (χ0) is 14.4. The van der Waals surface area contributed by atoms with Crippen LogP contribution in [0.1, 0.15) is 48.1 Å². The van der Waals surface area contributed by atoms with Crippen LogP contribution in [0.25, 0.3) is 0 Å². The number of thiazole rings is 1. The molecule has 0 unspecified atom stereocenters. The molecule has 0 aromatic carbocycles. The van der Waals surface area contributed by atoms with Gasteiger partial charge < -0.3 is 10.0 Å². The third-order valence-electron chi connectivity index (χ3n) is 3.07. The first kappa shape index (κ1) is 16.1. The lowest BCUT2D eigenvalue weighted by Gasteiger charge is -2.16. The number of carbonyl (C=O) groups is 1. The molecule has 0 aliphatic rings. The minimum absolute atomic E-state index is 0.420. The number of nitrogens with zero attached hydrogens (tertiary/aromatic N) is 2. The van der Waals surface area contributed by atoms with Crippen LogP contribution in [0.15, 0.2) is 0 Å². The number of aromatic nitrogens is 1. The number of hydrogen-bond donors (Lipinski definition) is 1. The highest BCUT2D eigenvalue weighted by Gasteiger charge is 2.18. The van der Waals surface area contributed by atoms with Crippen molar-refractivity contribution in [1.29, 1.82) is 0 Å². The number of carboxylic acid groups (broad SMARTS) is 1. The monoisotopic (exact) mass is 284 g/mol. The molecular weight excluding hydrogens is 260 g/mol. The maximum Gasteiger partial charge on any atom is 0.347 e. The Kier molecular flexibility index (Phi) is 6.45. The molecule has 0 amide bonds. The molecule has 1 heterocycles. The van der Waals surface area contributed by atoms with Crippen LogP contribution in [0.5, 0.6) is 0 Å². The Morgan fingerprint density at radius 1 is 1.37 bits per heavy atom. The SMILES string of the molecule is CCN(CC)CCc1nc(CC(C)C)c(C(=O)O)s1. The highest BCUT2D eigenvalue weighted by atomic mass is 32.1. The van der Waals surface area contributed by atoms with Crippen molar-refractivity contribution >= 4 is 17.3 Å². The average Bonchev–Trinajstić information content (AvgIpc) is 2.73. The van der Waals surface area contributed by atoms with Gasteiger partial charge in [0.2, 0.25) is 0 Å². The third-order valence-corrected chi connectivity index (χ3v) is 4.22. The molecule has 0 fully saturated rings. The van der Waals surface area contributed by atoms with Crippen LogP contribution in [-0.4, -0.2) is 40.6 Å². The molecule has 0 radical (unpaired) electrons.